The molecule has 0 radical (unpaired) electrons. The first-order valence-electron chi connectivity index (χ1n) is 5.44. The van der Waals surface area contributed by atoms with Crippen molar-refractivity contribution in [3.63, 3.8) is 0 Å². The van der Waals surface area contributed by atoms with E-state index in [0.29, 0.717) is 17.3 Å². The summed E-state index contributed by atoms with van der Waals surface area (Å²) in [6.45, 7) is 0. The highest BCUT2D eigenvalue weighted by Gasteiger charge is 2.06. The van der Waals surface area contributed by atoms with Crippen molar-refractivity contribution in [2.45, 2.75) is 0 Å². The fourth-order valence-electron chi connectivity index (χ4n) is 1.64. The predicted octanol–water partition coefficient (Wildman–Crippen LogP) is 2.73. The number of nitrogens with zero attached hydrogens (tertiary/aromatic N) is 3. The molecule has 0 fully saturated rings. The zero-order valence-electron chi connectivity index (χ0n) is 9.45. The normalized spacial score (nSPS) is 11.9. The number of nitrogens with two attached hydrogens (primary N) is 1. The van der Waals surface area contributed by atoms with E-state index in [9.17, 15) is 0 Å². The number of aromatic nitrogens is 2. The van der Waals surface area contributed by atoms with E-state index in [1.807, 2.05) is 42.5 Å². The second-order valence-corrected chi connectivity index (χ2v) is 4.52. The summed E-state index contributed by atoms with van der Waals surface area (Å²) < 4.78 is 5.41. The van der Waals surface area contributed by atoms with Crippen LogP contribution in [0.3, 0.4) is 0 Å². The summed E-state index contributed by atoms with van der Waals surface area (Å²) in [6, 6.07) is 13.5. The van der Waals surface area contributed by atoms with Gasteiger partial charge in [0, 0.05) is 11.6 Å². The first-order chi connectivity index (χ1) is 8.84. The molecule has 0 unspecified atom stereocenters. The molecule has 4 nitrogen and oxygen atoms in total. The third-order valence-electron chi connectivity index (χ3n) is 2.51. The molecule has 0 aliphatic heterocycles. The minimum Gasteiger partial charge on any atom is -0.382 e. The second kappa shape index (κ2) is 4.54. The summed E-state index contributed by atoms with van der Waals surface area (Å²) in [7, 11) is 0. The number of hydrogen-bond acceptors (Lipinski definition) is 4. The lowest BCUT2D eigenvalue weighted by Crippen LogP contribution is -2.14. The number of benzene rings is 1. The van der Waals surface area contributed by atoms with Gasteiger partial charge in [-0.3, -0.25) is 4.98 Å². The predicted molar refractivity (Wildman–Crippen MR) is 74.2 cm³/mol. The molecule has 18 heavy (non-hydrogen) atoms. The van der Waals surface area contributed by atoms with Gasteiger partial charge in [0.1, 0.15) is 5.69 Å². The van der Waals surface area contributed by atoms with E-state index in [0.717, 1.165) is 10.1 Å². The van der Waals surface area contributed by atoms with Crippen LogP contribution in [0.1, 0.15) is 5.69 Å². The fourth-order valence-corrected chi connectivity index (χ4v) is 2.36. The molecule has 1 aromatic carbocycles. The Kier molecular flexibility index (Phi) is 2.74. The molecule has 88 valence electrons. The van der Waals surface area contributed by atoms with E-state index in [1.165, 1.54) is 11.5 Å². The molecule has 3 aromatic rings. The molecule has 2 aromatic heterocycles. The molecule has 0 saturated heterocycles. The minimum atomic E-state index is 0.381. The van der Waals surface area contributed by atoms with Crippen molar-refractivity contribution in [1.82, 2.24) is 9.36 Å². The number of pyridine rings is 1. The number of amidine groups is 1. The molecular formula is C13H10N4S. The van der Waals surface area contributed by atoms with Crippen LogP contribution in [-0.2, 0) is 0 Å². The fraction of sp³-hybridized carbons (Fsp3) is 0. The molecule has 0 atom stereocenters. The van der Waals surface area contributed by atoms with E-state index in [2.05, 4.69) is 14.3 Å². The Labute approximate surface area is 108 Å². The highest BCUT2D eigenvalue weighted by molar-refractivity contribution is 7.13. The largest absolute Gasteiger partial charge is 0.382 e. The molecule has 5 heteroatoms. The molecule has 2 N–H and O–H groups in total. The third kappa shape index (κ3) is 1.96. The van der Waals surface area contributed by atoms with Crippen molar-refractivity contribution in [2.24, 2.45) is 10.7 Å². The highest BCUT2D eigenvalue weighted by Crippen LogP contribution is 2.28. The van der Waals surface area contributed by atoms with Crippen LogP contribution in [0.5, 0.6) is 0 Å². The maximum absolute atomic E-state index is 5.93. The quantitative estimate of drug-likeness (QED) is 0.565. The average Bonchev–Trinajstić information content (AvgIpc) is 2.83. The van der Waals surface area contributed by atoms with Crippen molar-refractivity contribution in [1.29, 1.82) is 0 Å². The molecule has 0 spiro atoms. The topological polar surface area (TPSA) is 64.2 Å². The van der Waals surface area contributed by atoms with Gasteiger partial charge < -0.3 is 5.73 Å². The molecule has 0 aliphatic rings. The SMILES string of the molecule is NC(=Nc1nsc2ccccc12)c1ccccn1. The lowest BCUT2D eigenvalue weighted by Gasteiger charge is -1.97. The van der Waals surface area contributed by atoms with Gasteiger partial charge >= 0.3 is 0 Å². The zero-order chi connectivity index (χ0) is 12.4. The zero-order valence-corrected chi connectivity index (χ0v) is 10.3. The van der Waals surface area contributed by atoms with Crippen LogP contribution in [0.25, 0.3) is 10.1 Å². The number of hydrogen-bond donors (Lipinski definition) is 1. The van der Waals surface area contributed by atoms with Crippen LogP contribution in [-0.4, -0.2) is 15.2 Å². The monoisotopic (exact) mass is 254 g/mol. The first kappa shape index (κ1) is 10.9. The molecule has 0 bridgehead atoms. The molecule has 0 amide bonds. The van der Waals surface area contributed by atoms with E-state index in [1.54, 1.807) is 6.20 Å². The Balaban J connectivity index is 2.06. The lowest BCUT2D eigenvalue weighted by molar-refractivity contribution is 1.26. The van der Waals surface area contributed by atoms with Crippen LogP contribution < -0.4 is 5.73 Å². The van der Waals surface area contributed by atoms with Gasteiger partial charge in [-0.1, -0.05) is 18.2 Å². The maximum atomic E-state index is 5.93. The lowest BCUT2D eigenvalue weighted by atomic mass is 10.2. The average molecular weight is 254 g/mol. The summed E-state index contributed by atoms with van der Waals surface area (Å²) in [5.74, 6) is 1.03. The summed E-state index contributed by atoms with van der Waals surface area (Å²) in [5, 5.41) is 1.02. The van der Waals surface area contributed by atoms with Gasteiger partial charge in [0.2, 0.25) is 0 Å². The summed E-state index contributed by atoms with van der Waals surface area (Å²) in [5.41, 5.74) is 6.59. The third-order valence-corrected chi connectivity index (χ3v) is 3.33. The van der Waals surface area contributed by atoms with Crippen molar-refractivity contribution in [3.8, 4) is 0 Å². The maximum Gasteiger partial charge on any atom is 0.175 e. The first-order valence-corrected chi connectivity index (χ1v) is 6.22. The minimum absolute atomic E-state index is 0.381. The molecule has 0 aliphatic carbocycles. The molecule has 3 rings (SSSR count). The van der Waals surface area contributed by atoms with E-state index < -0.39 is 0 Å². The van der Waals surface area contributed by atoms with Crippen LogP contribution >= 0.6 is 11.5 Å². The van der Waals surface area contributed by atoms with Crippen molar-refractivity contribution in [2.75, 3.05) is 0 Å². The van der Waals surface area contributed by atoms with Gasteiger partial charge in [-0.2, -0.15) is 4.37 Å². The Morgan fingerprint density at radius 3 is 2.78 bits per heavy atom. The van der Waals surface area contributed by atoms with Crippen molar-refractivity contribution >= 4 is 33.3 Å². The number of rotatable bonds is 2. The van der Waals surface area contributed by atoms with Gasteiger partial charge in [0.25, 0.3) is 0 Å². The van der Waals surface area contributed by atoms with Gasteiger partial charge in [0.15, 0.2) is 11.7 Å². The Morgan fingerprint density at radius 2 is 1.94 bits per heavy atom. The van der Waals surface area contributed by atoms with E-state index in [4.69, 9.17) is 5.73 Å². The second-order valence-electron chi connectivity index (χ2n) is 3.71. The Bertz CT molecular complexity index is 703. The van der Waals surface area contributed by atoms with Crippen LogP contribution in [0.15, 0.2) is 53.7 Å². The van der Waals surface area contributed by atoms with E-state index >= 15 is 0 Å². The standard InChI is InChI=1S/C13H10N4S/c14-12(10-6-3-4-8-15-10)16-13-9-5-1-2-7-11(9)18-17-13/h1-8H,(H2,14,16,17). The smallest absolute Gasteiger partial charge is 0.175 e. The van der Waals surface area contributed by atoms with Gasteiger partial charge in [-0.25, -0.2) is 4.99 Å². The summed E-state index contributed by atoms with van der Waals surface area (Å²) >= 11 is 1.42. The van der Waals surface area contributed by atoms with E-state index in [-0.39, 0.29) is 0 Å². The summed E-state index contributed by atoms with van der Waals surface area (Å²) in [4.78, 5) is 8.51. The van der Waals surface area contributed by atoms with Crippen LogP contribution in [0.4, 0.5) is 5.82 Å². The van der Waals surface area contributed by atoms with Crippen LogP contribution in [0.2, 0.25) is 0 Å². The molecule has 2 heterocycles. The van der Waals surface area contributed by atoms with Gasteiger partial charge in [0.05, 0.1) is 4.70 Å². The Hall–Kier alpha value is -2.27. The summed E-state index contributed by atoms with van der Waals surface area (Å²) in [6.07, 6.45) is 1.69. The van der Waals surface area contributed by atoms with Crippen LogP contribution in [0, 0.1) is 0 Å². The van der Waals surface area contributed by atoms with Crippen molar-refractivity contribution < 1.29 is 0 Å². The number of fused-ring (bicyclic) bond motifs is 1. The molecular weight excluding hydrogens is 244 g/mol. The number of aliphatic imine (C=N–C) groups is 1. The van der Waals surface area contributed by atoms with Gasteiger partial charge in [-0.05, 0) is 35.8 Å². The van der Waals surface area contributed by atoms with Gasteiger partial charge in [-0.15, -0.1) is 0 Å². The molecule has 0 saturated carbocycles. The highest BCUT2D eigenvalue weighted by atomic mass is 32.1. The Morgan fingerprint density at radius 1 is 1.11 bits per heavy atom. The van der Waals surface area contributed by atoms with Crippen molar-refractivity contribution in [3.05, 3.63) is 54.4 Å².